The second kappa shape index (κ2) is 36.0. The Kier molecular flexibility index (Phi) is 23.5. The SMILES string of the molecule is [C-]#[N+]c1c(-c2ccc(C)cc2)nc2c(c(C)nn2-c2ccccc2)c1-c1ccccc1O.[C-]#[N+]c1c(-c2ccc(Cl)cc2)nc2c(c(C)nn2-c2ccccc2)c1-c1ccccc1O.[C-]#[N+]c1c(-c2ccc(F)cc2)nc2c(c(C)nn2-c2ccccc2)c1-c1ccccc1O.[C-]#[N+]c1c(-c2ccc(I)cc2)nc2c(c(C)nn2-c2ccccc2)c1-c1ccccc1O. The number of halogens is 3. The van der Waals surface area contributed by atoms with Gasteiger partial charge in [0.2, 0.25) is 22.7 Å². The molecule has 4 N–H and O–H groups in total. The normalized spacial score (nSPS) is 10.9. The van der Waals surface area contributed by atoms with Gasteiger partial charge in [-0.3, -0.25) is 0 Å². The monoisotopic (exact) mass is 1800 g/mol. The Morgan fingerprint density at radius 3 is 0.750 bits per heavy atom. The Morgan fingerprint density at radius 1 is 0.289 bits per heavy atom. The van der Waals surface area contributed by atoms with Gasteiger partial charge in [-0.05, 0) is 189 Å². The maximum absolute atomic E-state index is 13.6. The third-order valence-electron chi connectivity index (χ3n) is 21.7. The molecule has 8 aromatic heterocycles. The maximum Gasteiger partial charge on any atom is 0.221 e. The van der Waals surface area contributed by atoms with E-state index < -0.39 is 0 Å². The molecule has 0 aliphatic rings. The number of aryl methyl sites for hydroxylation is 5. The largest absolute Gasteiger partial charge is 0.507 e. The van der Waals surface area contributed by atoms with Crippen LogP contribution in [0.1, 0.15) is 28.3 Å². The smallest absolute Gasteiger partial charge is 0.221 e. The van der Waals surface area contributed by atoms with E-state index in [9.17, 15) is 24.8 Å². The molecule has 616 valence electrons. The van der Waals surface area contributed by atoms with Crippen molar-refractivity contribution in [3.8, 4) is 135 Å². The summed E-state index contributed by atoms with van der Waals surface area (Å²) in [5.74, 6) is 0.0165. The van der Waals surface area contributed by atoms with Gasteiger partial charge in [0.1, 0.15) is 28.8 Å². The summed E-state index contributed by atoms with van der Waals surface area (Å²) in [6, 6.07) is 96.1. The minimum atomic E-state index is -0.370. The zero-order valence-electron chi connectivity index (χ0n) is 69.1. The van der Waals surface area contributed by atoms with Gasteiger partial charge < -0.3 is 20.4 Å². The average Bonchev–Trinajstić information content (AvgIpc) is 0.788. The van der Waals surface area contributed by atoms with Crippen LogP contribution in [0.25, 0.3) is 176 Å². The summed E-state index contributed by atoms with van der Waals surface area (Å²) in [5, 5.41) is 65.3. The lowest BCUT2D eigenvalue weighted by molar-refractivity contribution is 0.477. The van der Waals surface area contributed by atoms with E-state index in [0.717, 1.165) is 81.8 Å². The van der Waals surface area contributed by atoms with Crippen LogP contribution in [0, 0.1) is 70.3 Å². The number of para-hydroxylation sites is 8. The van der Waals surface area contributed by atoms with Crippen LogP contribution in [-0.4, -0.2) is 79.5 Å². The van der Waals surface area contributed by atoms with E-state index in [4.69, 9.17) is 78.2 Å². The quantitative estimate of drug-likeness (QED) is 0.0663. The van der Waals surface area contributed by atoms with E-state index in [1.807, 2.05) is 259 Å². The molecule has 0 fully saturated rings. The molecule has 0 atom stereocenters. The van der Waals surface area contributed by atoms with Crippen LogP contribution in [0.2, 0.25) is 5.02 Å². The first-order valence-corrected chi connectivity index (χ1v) is 41.7. The van der Waals surface area contributed by atoms with Gasteiger partial charge in [0.25, 0.3) is 0 Å². The highest BCUT2D eigenvalue weighted by molar-refractivity contribution is 14.1. The fourth-order valence-electron chi connectivity index (χ4n) is 15.8. The number of rotatable bonds is 12. The van der Waals surface area contributed by atoms with Gasteiger partial charge >= 0.3 is 0 Å². The van der Waals surface area contributed by atoms with Gasteiger partial charge in [0.15, 0.2) is 22.6 Å². The molecule has 0 saturated heterocycles. The number of phenolic OH excluding ortho intramolecular Hbond substituents is 4. The van der Waals surface area contributed by atoms with Crippen molar-refractivity contribution >= 4 is 101 Å². The zero-order chi connectivity index (χ0) is 89.0. The molecule has 0 saturated carbocycles. The lowest BCUT2D eigenvalue weighted by Gasteiger charge is -2.14. The van der Waals surface area contributed by atoms with Crippen molar-refractivity contribution < 1.29 is 24.8 Å². The highest BCUT2D eigenvalue weighted by atomic mass is 127. The predicted octanol–water partition coefficient (Wildman–Crippen LogP) is 27.0. The molecule has 20 nitrogen and oxygen atoms in total. The first kappa shape index (κ1) is 83.5. The number of phenols is 4. The topological polar surface area (TPSA) is 221 Å². The molecule has 8 heterocycles. The van der Waals surface area contributed by atoms with Crippen molar-refractivity contribution in [1.82, 2.24) is 59.1 Å². The molecule has 0 aliphatic carbocycles. The highest BCUT2D eigenvalue weighted by Crippen LogP contribution is 2.52. The van der Waals surface area contributed by atoms with Crippen molar-refractivity contribution in [3.63, 3.8) is 0 Å². The van der Waals surface area contributed by atoms with Gasteiger partial charge in [0, 0.05) is 74.6 Å². The Labute approximate surface area is 753 Å². The summed E-state index contributed by atoms with van der Waals surface area (Å²) in [6.45, 7) is 41.6. The number of aromatic nitrogens is 12. The molecule has 0 aliphatic heterocycles. The minimum Gasteiger partial charge on any atom is -0.507 e. The fourth-order valence-corrected chi connectivity index (χ4v) is 16.3. The third kappa shape index (κ3) is 15.9. The molecule has 23 heteroatoms. The fraction of sp³-hybridized carbons (Fsp3) is 0.0476. The molecule has 128 heavy (non-hydrogen) atoms. The second-order valence-electron chi connectivity index (χ2n) is 29.8. The summed E-state index contributed by atoms with van der Waals surface area (Å²) in [5.41, 5.74) is 21.2. The highest BCUT2D eigenvalue weighted by Gasteiger charge is 2.31. The zero-order valence-corrected chi connectivity index (χ0v) is 72.0. The molecular weight excluding hydrogens is 1730 g/mol. The van der Waals surface area contributed by atoms with Crippen LogP contribution in [0.3, 0.4) is 0 Å². The summed E-state index contributed by atoms with van der Waals surface area (Å²) >= 11 is 8.35. The molecule has 0 unspecified atom stereocenters. The minimum absolute atomic E-state index is 0.0572. The van der Waals surface area contributed by atoms with E-state index in [1.54, 1.807) is 97.6 Å². The number of benzene rings is 12. The Morgan fingerprint density at radius 2 is 0.508 bits per heavy atom. The van der Waals surface area contributed by atoms with Crippen LogP contribution in [0.5, 0.6) is 23.0 Å². The van der Waals surface area contributed by atoms with Crippen molar-refractivity contribution in [2.75, 3.05) is 0 Å². The second-order valence-corrected chi connectivity index (χ2v) is 31.4. The van der Waals surface area contributed by atoms with Crippen molar-refractivity contribution in [3.05, 3.63) is 404 Å². The molecule has 20 rings (SSSR count). The van der Waals surface area contributed by atoms with E-state index in [2.05, 4.69) is 42.0 Å². The standard InChI is InChI=1S/C27H20N4O.C26H17ClN4O.C26H17FN4O.C26H17IN4O/c1-17-13-15-19(16-14-17)25-26(28-3)24(21-11-7-8-12-22(21)32)23-18(2)30-31(27(23)29-25)20-9-5-4-6-10-20;3*1-16-22-23(20-10-6-7-11-21(20)32)25(28-2)24(17-12-14-18(27)15-13-17)29-26(22)31(30-16)19-8-4-3-5-9-19/h4-16,32H,1-2H3;3*3-15,32H,1H3. The Balaban J connectivity index is 0.000000120. The number of pyridine rings is 4. The van der Waals surface area contributed by atoms with Gasteiger partial charge in [-0.1, -0.05) is 223 Å². The molecular formula is C105H71ClFIN16O4. The Hall–Kier alpha value is -16.8. The molecule has 0 amide bonds. The van der Waals surface area contributed by atoms with Gasteiger partial charge in [0.05, 0.1) is 94.6 Å². The van der Waals surface area contributed by atoms with Gasteiger partial charge in [-0.25, -0.2) is 62.4 Å². The summed E-state index contributed by atoms with van der Waals surface area (Å²) in [7, 11) is 0. The summed E-state index contributed by atoms with van der Waals surface area (Å²) in [4.78, 5) is 35.2. The lowest BCUT2D eigenvalue weighted by Crippen LogP contribution is -1.99. The van der Waals surface area contributed by atoms with Crippen molar-refractivity contribution in [2.24, 2.45) is 0 Å². The van der Waals surface area contributed by atoms with Crippen LogP contribution in [0.15, 0.2) is 315 Å². The van der Waals surface area contributed by atoms with E-state index >= 15 is 0 Å². The molecule has 0 spiro atoms. The first-order valence-electron chi connectivity index (χ1n) is 40.3. The van der Waals surface area contributed by atoms with Gasteiger partial charge in [-0.15, -0.1) is 0 Å². The van der Waals surface area contributed by atoms with Crippen LogP contribution >= 0.6 is 34.2 Å². The lowest BCUT2D eigenvalue weighted by atomic mass is 9.96. The predicted molar refractivity (Wildman–Crippen MR) is 512 cm³/mol. The molecule has 0 bridgehead atoms. The molecule has 0 radical (unpaired) electrons. The average molecular weight is 1800 g/mol. The van der Waals surface area contributed by atoms with Crippen LogP contribution in [0.4, 0.5) is 27.1 Å². The molecule has 20 aromatic rings. The van der Waals surface area contributed by atoms with Crippen LogP contribution in [-0.2, 0) is 0 Å². The third-order valence-corrected chi connectivity index (χ3v) is 22.7. The molecule has 12 aromatic carbocycles. The number of hydrogen-bond donors (Lipinski definition) is 4. The number of nitrogens with zero attached hydrogens (tertiary/aromatic N) is 16. The van der Waals surface area contributed by atoms with E-state index in [1.165, 1.54) is 12.1 Å². The van der Waals surface area contributed by atoms with Crippen molar-refractivity contribution in [2.45, 2.75) is 34.6 Å². The summed E-state index contributed by atoms with van der Waals surface area (Å²) < 4.78 is 21.8. The number of aromatic hydroxyl groups is 4. The number of fused-ring (bicyclic) bond motifs is 4. The van der Waals surface area contributed by atoms with Gasteiger partial charge in [-0.2, -0.15) is 20.4 Å². The van der Waals surface area contributed by atoms with Crippen molar-refractivity contribution in [1.29, 1.82) is 0 Å². The number of hydrogen-bond acceptors (Lipinski definition) is 12. The van der Waals surface area contributed by atoms with Crippen LogP contribution < -0.4 is 0 Å². The summed E-state index contributed by atoms with van der Waals surface area (Å²) in [6.07, 6.45) is 0. The first-order chi connectivity index (χ1) is 62.3. The maximum atomic E-state index is 13.6. The van der Waals surface area contributed by atoms with E-state index in [-0.39, 0.29) is 34.5 Å². The Bertz CT molecular complexity index is 6930. The van der Waals surface area contributed by atoms with E-state index in [0.29, 0.717) is 129 Å².